The Morgan fingerprint density at radius 3 is 2.94 bits per heavy atom. The first kappa shape index (κ1) is 10.6. The summed E-state index contributed by atoms with van der Waals surface area (Å²) in [4.78, 5) is 20.1. The predicted octanol–water partition coefficient (Wildman–Crippen LogP) is 1.68. The third-order valence-electron chi connectivity index (χ3n) is 2.05. The van der Waals surface area contributed by atoms with Crippen molar-refractivity contribution in [3.05, 3.63) is 34.4 Å². The number of aryl methyl sites for hydroxylation is 1. The number of thiazole rings is 1. The van der Waals surface area contributed by atoms with Crippen LogP contribution in [0.1, 0.15) is 15.2 Å². The van der Waals surface area contributed by atoms with Crippen LogP contribution in [-0.4, -0.2) is 15.9 Å². The van der Waals surface area contributed by atoms with Crippen molar-refractivity contribution < 1.29 is 4.79 Å². The number of rotatable bonds is 2. The van der Waals surface area contributed by atoms with E-state index in [9.17, 15) is 4.79 Å². The van der Waals surface area contributed by atoms with Gasteiger partial charge in [0.05, 0.1) is 23.6 Å². The van der Waals surface area contributed by atoms with Crippen molar-refractivity contribution in [2.45, 2.75) is 6.92 Å². The van der Waals surface area contributed by atoms with Crippen LogP contribution in [0.15, 0.2) is 24.0 Å². The molecule has 0 aliphatic carbocycles. The lowest BCUT2D eigenvalue weighted by molar-refractivity contribution is 0.103. The maximum absolute atomic E-state index is 11.7. The van der Waals surface area contributed by atoms with E-state index >= 15 is 0 Å². The lowest BCUT2D eigenvalue weighted by Crippen LogP contribution is -2.11. The molecule has 2 aromatic rings. The summed E-state index contributed by atoms with van der Waals surface area (Å²) in [6.07, 6.45) is 3.04. The van der Waals surface area contributed by atoms with Crippen molar-refractivity contribution in [3.8, 4) is 0 Å². The van der Waals surface area contributed by atoms with Crippen LogP contribution in [0.5, 0.6) is 0 Å². The third-order valence-corrected chi connectivity index (χ3v) is 2.82. The molecule has 0 radical (unpaired) electrons. The second-order valence-electron chi connectivity index (χ2n) is 3.25. The molecule has 0 bridgehead atoms. The van der Waals surface area contributed by atoms with Gasteiger partial charge in [-0.1, -0.05) is 0 Å². The lowest BCUT2D eigenvalue weighted by Gasteiger charge is -2.04. The van der Waals surface area contributed by atoms with Gasteiger partial charge in [-0.2, -0.15) is 0 Å². The van der Waals surface area contributed by atoms with Crippen molar-refractivity contribution >= 4 is 28.7 Å². The number of nitrogen functional groups attached to an aromatic ring is 1. The van der Waals surface area contributed by atoms with Crippen LogP contribution in [0, 0.1) is 6.92 Å². The first-order chi connectivity index (χ1) is 7.66. The SMILES string of the molecule is Cc1cc(NC(=O)c2cncs2)ncc1N. The maximum atomic E-state index is 11.7. The van der Waals surface area contributed by atoms with Gasteiger partial charge in [0, 0.05) is 0 Å². The Kier molecular flexibility index (Phi) is 2.82. The Labute approximate surface area is 96.3 Å². The van der Waals surface area contributed by atoms with Gasteiger partial charge in [-0.25, -0.2) is 4.98 Å². The average molecular weight is 234 g/mol. The molecule has 0 unspecified atom stereocenters. The Hall–Kier alpha value is -1.95. The number of nitrogens with one attached hydrogen (secondary N) is 1. The normalized spacial score (nSPS) is 10.1. The van der Waals surface area contributed by atoms with Crippen molar-refractivity contribution in [2.24, 2.45) is 0 Å². The minimum atomic E-state index is -0.209. The second kappa shape index (κ2) is 4.28. The Balaban J connectivity index is 2.15. The Bertz CT molecular complexity index is 510. The summed E-state index contributed by atoms with van der Waals surface area (Å²) in [6.45, 7) is 1.86. The molecule has 16 heavy (non-hydrogen) atoms. The zero-order chi connectivity index (χ0) is 11.5. The van der Waals surface area contributed by atoms with Gasteiger partial charge in [-0.05, 0) is 18.6 Å². The van der Waals surface area contributed by atoms with E-state index in [1.807, 2.05) is 6.92 Å². The van der Waals surface area contributed by atoms with Gasteiger partial charge in [0.2, 0.25) is 0 Å². The first-order valence-electron chi connectivity index (χ1n) is 4.59. The topological polar surface area (TPSA) is 80.9 Å². The highest BCUT2D eigenvalue weighted by molar-refractivity contribution is 7.11. The number of nitrogens with two attached hydrogens (primary N) is 1. The molecule has 2 aromatic heterocycles. The largest absolute Gasteiger partial charge is 0.397 e. The van der Waals surface area contributed by atoms with Gasteiger partial charge in [-0.15, -0.1) is 11.3 Å². The summed E-state index contributed by atoms with van der Waals surface area (Å²) in [7, 11) is 0. The van der Waals surface area contributed by atoms with Crippen LogP contribution >= 0.6 is 11.3 Å². The van der Waals surface area contributed by atoms with E-state index in [1.54, 1.807) is 11.6 Å². The molecule has 0 fully saturated rings. The number of hydrogen-bond donors (Lipinski definition) is 2. The molecule has 0 atom stereocenters. The number of amides is 1. The van der Waals surface area contributed by atoms with Crippen LogP contribution in [0.2, 0.25) is 0 Å². The molecule has 0 saturated heterocycles. The van der Waals surface area contributed by atoms with E-state index in [2.05, 4.69) is 15.3 Å². The maximum Gasteiger partial charge on any atom is 0.268 e. The molecule has 0 aliphatic rings. The highest BCUT2D eigenvalue weighted by atomic mass is 32.1. The number of carbonyl (C=O) groups is 1. The number of aromatic nitrogens is 2. The van der Waals surface area contributed by atoms with Crippen LogP contribution in [-0.2, 0) is 0 Å². The average Bonchev–Trinajstić information content (AvgIpc) is 2.77. The fraction of sp³-hybridized carbons (Fsp3) is 0.100. The van der Waals surface area contributed by atoms with Gasteiger partial charge in [0.15, 0.2) is 0 Å². The standard InChI is InChI=1S/C10H10N4OS/c1-6-2-9(13-3-7(6)11)14-10(15)8-4-12-5-16-8/h2-5H,11H2,1H3,(H,13,14,15). The van der Waals surface area contributed by atoms with Crippen LogP contribution < -0.4 is 11.1 Å². The molecular weight excluding hydrogens is 224 g/mol. The molecule has 3 N–H and O–H groups in total. The number of hydrogen-bond acceptors (Lipinski definition) is 5. The number of pyridine rings is 1. The van der Waals surface area contributed by atoms with Gasteiger partial charge in [0.25, 0.3) is 5.91 Å². The fourth-order valence-corrected chi connectivity index (χ4v) is 1.66. The molecule has 0 saturated carbocycles. The molecular formula is C10H10N4OS. The molecule has 0 aliphatic heterocycles. The van der Waals surface area contributed by atoms with Crippen molar-refractivity contribution in [3.63, 3.8) is 0 Å². The van der Waals surface area contributed by atoms with Crippen LogP contribution in [0.3, 0.4) is 0 Å². The summed E-state index contributed by atoms with van der Waals surface area (Å²) < 4.78 is 0. The van der Waals surface area contributed by atoms with Gasteiger partial charge < -0.3 is 11.1 Å². The lowest BCUT2D eigenvalue weighted by atomic mass is 10.2. The monoisotopic (exact) mass is 234 g/mol. The number of nitrogens with zero attached hydrogens (tertiary/aromatic N) is 2. The number of carbonyl (C=O) groups excluding carboxylic acids is 1. The highest BCUT2D eigenvalue weighted by Gasteiger charge is 2.08. The third kappa shape index (κ3) is 2.17. The minimum Gasteiger partial charge on any atom is -0.397 e. The first-order valence-corrected chi connectivity index (χ1v) is 5.47. The highest BCUT2D eigenvalue weighted by Crippen LogP contribution is 2.14. The van der Waals surface area contributed by atoms with Gasteiger partial charge in [0.1, 0.15) is 10.7 Å². The van der Waals surface area contributed by atoms with Crippen molar-refractivity contribution in [1.29, 1.82) is 0 Å². The quantitative estimate of drug-likeness (QED) is 0.828. The minimum absolute atomic E-state index is 0.209. The van der Waals surface area contributed by atoms with E-state index in [1.165, 1.54) is 23.7 Å². The summed E-state index contributed by atoms with van der Waals surface area (Å²) in [6, 6.07) is 1.73. The van der Waals surface area contributed by atoms with E-state index in [4.69, 9.17) is 5.73 Å². The molecule has 6 heteroatoms. The Morgan fingerprint density at radius 2 is 2.31 bits per heavy atom. The van der Waals surface area contributed by atoms with Gasteiger partial charge >= 0.3 is 0 Å². The molecule has 2 rings (SSSR count). The van der Waals surface area contributed by atoms with Crippen LogP contribution in [0.4, 0.5) is 11.5 Å². The second-order valence-corrected chi connectivity index (χ2v) is 4.13. The molecule has 1 amide bonds. The molecule has 0 aromatic carbocycles. The summed E-state index contributed by atoms with van der Waals surface area (Å²) in [5.74, 6) is 0.282. The van der Waals surface area contributed by atoms with E-state index in [0.717, 1.165) is 5.56 Å². The van der Waals surface area contributed by atoms with Crippen molar-refractivity contribution in [1.82, 2.24) is 9.97 Å². The molecule has 0 spiro atoms. The van der Waals surface area contributed by atoms with E-state index < -0.39 is 0 Å². The zero-order valence-electron chi connectivity index (χ0n) is 8.60. The fourth-order valence-electron chi connectivity index (χ4n) is 1.14. The Morgan fingerprint density at radius 1 is 1.50 bits per heavy atom. The zero-order valence-corrected chi connectivity index (χ0v) is 9.41. The van der Waals surface area contributed by atoms with Crippen LogP contribution in [0.25, 0.3) is 0 Å². The molecule has 82 valence electrons. The number of anilines is 2. The summed E-state index contributed by atoms with van der Waals surface area (Å²) in [5, 5.41) is 2.68. The predicted molar refractivity (Wildman–Crippen MR) is 63.5 cm³/mol. The summed E-state index contributed by atoms with van der Waals surface area (Å²) >= 11 is 1.28. The van der Waals surface area contributed by atoms with E-state index in [0.29, 0.717) is 16.4 Å². The van der Waals surface area contributed by atoms with Crippen molar-refractivity contribution in [2.75, 3.05) is 11.1 Å². The summed E-state index contributed by atoms with van der Waals surface area (Å²) in [5.41, 5.74) is 8.73. The molecule has 5 nitrogen and oxygen atoms in total. The smallest absolute Gasteiger partial charge is 0.268 e. The van der Waals surface area contributed by atoms with E-state index in [-0.39, 0.29) is 5.91 Å². The van der Waals surface area contributed by atoms with Gasteiger partial charge in [-0.3, -0.25) is 9.78 Å². The molecule has 2 heterocycles.